The Morgan fingerprint density at radius 3 is 2.43 bits per heavy atom. The predicted molar refractivity (Wildman–Crippen MR) is 119 cm³/mol. The summed E-state index contributed by atoms with van der Waals surface area (Å²) in [6, 6.07) is 15.7. The third kappa shape index (κ3) is 5.75. The number of anilines is 1. The van der Waals surface area contributed by atoms with Crippen LogP contribution in [0, 0.1) is 6.92 Å². The second-order valence-electron chi connectivity index (χ2n) is 7.48. The van der Waals surface area contributed by atoms with Crippen LogP contribution in [-0.4, -0.2) is 56.0 Å². The number of piperazine rings is 1. The Bertz CT molecular complexity index is 846. The summed E-state index contributed by atoms with van der Waals surface area (Å²) >= 11 is 0. The number of carbonyl (C=O) groups excluding carboxylic acids is 2. The molecule has 1 heterocycles. The topological polar surface area (TPSA) is 61.9 Å². The van der Waals surface area contributed by atoms with E-state index >= 15 is 0 Å². The van der Waals surface area contributed by atoms with Crippen LogP contribution >= 0.6 is 0 Å². The SMILES string of the molecule is CCOc1ccc(C(=O)NCCCC(=O)N2CCN(c3ccccc3)CC2)cc1C. The number of aryl methyl sites for hydroxylation is 1. The number of benzene rings is 2. The molecule has 0 bridgehead atoms. The van der Waals surface area contributed by atoms with E-state index in [4.69, 9.17) is 4.74 Å². The van der Waals surface area contributed by atoms with Gasteiger partial charge in [-0.25, -0.2) is 0 Å². The van der Waals surface area contributed by atoms with E-state index in [-0.39, 0.29) is 11.8 Å². The molecule has 2 amide bonds. The van der Waals surface area contributed by atoms with Gasteiger partial charge in [0.15, 0.2) is 0 Å². The summed E-state index contributed by atoms with van der Waals surface area (Å²) in [5.41, 5.74) is 2.76. The Labute approximate surface area is 178 Å². The number of nitrogens with one attached hydrogen (secondary N) is 1. The maximum absolute atomic E-state index is 12.5. The first-order valence-corrected chi connectivity index (χ1v) is 10.7. The second-order valence-corrected chi connectivity index (χ2v) is 7.48. The molecule has 0 saturated carbocycles. The molecular formula is C24H31N3O3. The zero-order chi connectivity index (χ0) is 21.3. The third-order valence-electron chi connectivity index (χ3n) is 5.34. The van der Waals surface area contributed by atoms with Gasteiger partial charge in [0.25, 0.3) is 5.91 Å². The summed E-state index contributed by atoms with van der Waals surface area (Å²) in [5.74, 6) is 0.839. The molecule has 160 valence electrons. The molecule has 1 aliphatic heterocycles. The molecule has 2 aromatic rings. The lowest BCUT2D eigenvalue weighted by atomic mass is 10.1. The fourth-order valence-corrected chi connectivity index (χ4v) is 3.66. The van der Waals surface area contributed by atoms with Gasteiger partial charge in [-0.15, -0.1) is 0 Å². The van der Waals surface area contributed by atoms with Crippen LogP contribution in [-0.2, 0) is 4.79 Å². The maximum atomic E-state index is 12.5. The van der Waals surface area contributed by atoms with Crippen molar-refractivity contribution in [1.82, 2.24) is 10.2 Å². The highest BCUT2D eigenvalue weighted by Crippen LogP contribution is 2.19. The molecule has 0 unspecified atom stereocenters. The summed E-state index contributed by atoms with van der Waals surface area (Å²) < 4.78 is 5.51. The number of hydrogen-bond donors (Lipinski definition) is 1. The van der Waals surface area contributed by atoms with E-state index in [1.807, 2.05) is 49.1 Å². The van der Waals surface area contributed by atoms with Gasteiger partial charge in [-0.2, -0.15) is 0 Å². The highest BCUT2D eigenvalue weighted by atomic mass is 16.5. The van der Waals surface area contributed by atoms with Crippen LogP contribution in [0.25, 0.3) is 0 Å². The van der Waals surface area contributed by atoms with Gasteiger partial charge in [-0.05, 0) is 56.2 Å². The van der Waals surface area contributed by atoms with Crippen LogP contribution in [0.2, 0.25) is 0 Å². The Morgan fingerprint density at radius 2 is 1.77 bits per heavy atom. The highest BCUT2D eigenvalue weighted by molar-refractivity contribution is 5.94. The standard InChI is InChI=1S/C24H31N3O3/c1-3-30-22-12-11-20(18-19(22)2)24(29)25-13-7-10-23(28)27-16-14-26(15-17-27)21-8-5-4-6-9-21/h4-6,8-9,11-12,18H,3,7,10,13-17H2,1-2H3,(H,25,29). The van der Waals surface area contributed by atoms with Crippen molar-refractivity contribution >= 4 is 17.5 Å². The molecule has 6 heteroatoms. The van der Waals surface area contributed by atoms with Crippen LogP contribution < -0.4 is 15.0 Å². The van der Waals surface area contributed by atoms with E-state index in [2.05, 4.69) is 22.3 Å². The Kier molecular flexibility index (Phi) is 7.71. The predicted octanol–water partition coefficient (Wildman–Crippen LogP) is 3.25. The average Bonchev–Trinajstić information content (AvgIpc) is 2.78. The lowest BCUT2D eigenvalue weighted by molar-refractivity contribution is -0.131. The van der Waals surface area contributed by atoms with Gasteiger partial charge in [-0.3, -0.25) is 9.59 Å². The molecule has 0 spiro atoms. The van der Waals surface area contributed by atoms with Crippen LogP contribution in [0.15, 0.2) is 48.5 Å². The van der Waals surface area contributed by atoms with E-state index < -0.39 is 0 Å². The molecule has 1 aliphatic rings. The van der Waals surface area contributed by atoms with Crippen molar-refractivity contribution in [3.8, 4) is 5.75 Å². The zero-order valence-corrected chi connectivity index (χ0v) is 17.9. The first-order valence-electron chi connectivity index (χ1n) is 10.7. The van der Waals surface area contributed by atoms with E-state index in [1.165, 1.54) is 5.69 Å². The first-order chi connectivity index (χ1) is 14.6. The Balaban J connectivity index is 1.37. The number of rotatable bonds is 8. The smallest absolute Gasteiger partial charge is 0.251 e. The van der Waals surface area contributed by atoms with E-state index in [0.717, 1.165) is 37.5 Å². The summed E-state index contributed by atoms with van der Waals surface area (Å²) in [5, 5.41) is 2.91. The zero-order valence-electron chi connectivity index (χ0n) is 17.9. The molecule has 1 saturated heterocycles. The number of hydrogen-bond acceptors (Lipinski definition) is 4. The first kappa shape index (κ1) is 21.7. The lowest BCUT2D eigenvalue weighted by Gasteiger charge is -2.36. The molecule has 6 nitrogen and oxygen atoms in total. The van der Waals surface area contributed by atoms with Gasteiger partial charge >= 0.3 is 0 Å². The van der Waals surface area contributed by atoms with E-state index in [9.17, 15) is 9.59 Å². The maximum Gasteiger partial charge on any atom is 0.251 e. The summed E-state index contributed by atoms with van der Waals surface area (Å²) in [7, 11) is 0. The van der Waals surface area contributed by atoms with Crippen molar-refractivity contribution in [3.05, 3.63) is 59.7 Å². The average molecular weight is 410 g/mol. The summed E-state index contributed by atoms with van der Waals surface area (Å²) in [6.07, 6.45) is 1.09. The fraction of sp³-hybridized carbons (Fsp3) is 0.417. The van der Waals surface area contributed by atoms with Gasteiger partial charge in [0, 0.05) is 50.4 Å². The molecule has 1 fully saturated rings. The quantitative estimate of drug-likeness (QED) is 0.680. The van der Waals surface area contributed by atoms with Crippen molar-refractivity contribution in [2.24, 2.45) is 0 Å². The van der Waals surface area contributed by atoms with Crippen molar-refractivity contribution in [2.45, 2.75) is 26.7 Å². The van der Waals surface area contributed by atoms with Crippen molar-refractivity contribution in [1.29, 1.82) is 0 Å². The number of carbonyl (C=O) groups is 2. The Morgan fingerprint density at radius 1 is 1.03 bits per heavy atom. The molecule has 0 atom stereocenters. The lowest BCUT2D eigenvalue weighted by Crippen LogP contribution is -2.48. The molecule has 1 N–H and O–H groups in total. The molecule has 2 aromatic carbocycles. The highest BCUT2D eigenvalue weighted by Gasteiger charge is 2.20. The summed E-state index contributed by atoms with van der Waals surface area (Å²) in [6.45, 7) is 8.13. The minimum atomic E-state index is -0.120. The largest absolute Gasteiger partial charge is 0.494 e. The molecule has 3 rings (SSSR count). The van der Waals surface area contributed by atoms with Gasteiger partial charge in [0.05, 0.1) is 6.61 Å². The van der Waals surface area contributed by atoms with Crippen LogP contribution in [0.3, 0.4) is 0 Å². The van der Waals surface area contributed by atoms with Crippen LogP contribution in [0.1, 0.15) is 35.7 Å². The van der Waals surface area contributed by atoms with E-state index in [0.29, 0.717) is 31.6 Å². The van der Waals surface area contributed by atoms with Crippen LogP contribution in [0.4, 0.5) is 5.69 Å². The minimum Gasteiger partial charge on any atom is -0.494 e. The second kappa shape index (κ2) is 10.7. The Hall–Kier alpha value is -3.02. The number of ether oxygens (including phenoxy) is 1. The number of amides is 2. The molecule has 30 heavy (non-hydrogen) atoms. The third-order valence-corrected chi connectivity index (χ3v) is 5.34. The normalized spacial score (nSPS) is 13.8. The van der Waals surface area contributed by atoms with Gasteiger partial charge in [-0.1, -0.05) is 18.2 Å². The summed E-state index contributed by atoms with van der Waals surface area (Å²) in [4.78, 5) is 29.0. The van der Waals surface area contributed by atoms with Crippen molar-refractivity contribution in [2.75, 3.05) is 44.2 Å². The minimum absolute atomic E-state index is 0.120. The van der Waals surface area contributed by atoms with Crippen molar-refractivity contribution in [3.63, 3.8) is 0 Å². The molecular weight excluding hydrogens is 378 g/mol. The fourth-order valence-electron chi connectivity index (χ4n) is 3.66. The number of para-hydroxylation sites is 1. The van der Waals surface area contributed by atoms with Crippen LogP contribution in [0.5, 0.6) is 5.75 Å². The van der Waals surface area contributed by atoms with Gasteiger partial charge in [0.1, 0.15) is 5.75 Å². The van der Waals surface area contributed by atoms with Crippen molar-refractivity contribution < 1.29 is 14.3 Å². The molecule has 0 radical (unpaired) electrons. The van der Waals surface area contributed by atoms with E-state index in [1.54, 1.807) is 6.07 Å². The molecule has 0 aromatic heterocycles. The monoisotopic (exact) mass is 409 g/mol. The number of nitrogens with zero attached hydrogens (tertiary/aromatic N) is 2. The molecule has 0 aliphatic carbocycles. The van der Waals surface area contributed by atoms with Gasteiger partial charge in [0.2, 0.25) is 5.91 Å². The van der Waals surface area contributed by atoms with Gasteiger partial charge < -0.3 is 19.9 Å².